The second-order valence-corrected chi connectivity index (χ2v) is 7.28. The summed E-state index contributed by atoms with van der Waals surface area (Å²) in [7, 11) is 1.69. The zero-order chi connectivity index (χ0) is 15.5. The van der Waals surface area contributed by atoms with Crippen LogP contribution in [0.5, 0.6) is 5.75 Å². The molecule has 0 aliphatic heterocycles. The van der Waals surface area contributed by atoms with Crippen molar-refractivity contribution in [1.82, 2.24) is 15.5 Å². The van der Waals surface area contributed by atoms with Crippen LogP contribution >= 0.6 is 11.3 Å². The van der Waals surface area contributed by atoms with Gasteiger partial charge in [-0.05, 0) is 36.5 Å². The van der Waals surface area contributed by atoms with E-state index in [-0.39, 0.29) is 0 Å². The first-order valence-electron chi connectivity index (χ1n) is 7.87. The van der Waals surface area contributed by atoms with E-state index in [2.05, 4.69) is 41.5 Å². The van der Waals surface area contributed by atoms with Gasteiger partial charge in [-0.25, -0.2) is 0 Å². The molecule has 0 amide bonds. The topological polar surface area (TPSA) is 47.0 Å². The van der Waals surface area contributed by atoms with Gasteiger partial charge in [-0.1, -0.05) is 37.3 Å². The van der Waals surface area contributed by atoms with Crippen molar-refractivity contribution in [2.24, 2.45) is 5.92 Å². The first-order chi connectivity index (χ1) is 10.7. The van der Waals surface area contributed by atoms with Crippen molar-refractivity contribution in [1.29, 1.82) is 0 Å². The highest BCUT2D eigenvalue weighted by molar-refractivity contribution is 7.11. The summed E-state index contributed by atoms with van der Waals surface area (Å²) in [5.74, 6) is 2.09. The van der Waals surface area contributed by atoms with E-state index in [0.29, 0.717) is 17.9 Å². The molecule has 0 unspecified atom stereocenters. The predicted octanol–water partition coefficient (Wildman–Crippen LogP) is 3.91. The third-order valence-corrected chi connectivity index (χ3v) is 5.11. The first-order valence-corrected chi connectivity index (χ1v) is 8.68. The molecule has 2 aromatic rings. The molecule has 1 fully saturated rings. The average molecular weight is 317 g/mol. The molecule has 22 heavy (non-hydrogen) atoms. The lowest BCUT2D eigenvalue weighted by atomic mass is 9.96. The van der Waals surface area contributed by atoms with Crippen LogP contribution in [0.15, 0.2) is 24.3 Å². The van der Waals surface area contributed by atoms with E-state index in [4.69, 9.17) is 4.74 Å². The summed E-state index contributed by atoms with van der Waals surface area (Å²) in [6, 6.07) is 8.60. The van der Waals surface area contributed by atoms with Gasteiger partial charge in [-0.2, -0.15) is 0 Å². The van der Waals surface area contributed by atoms with Crippen molar-refractivity contribution in [2.45, 2.75) is 45.2 Å². The molecule has 5 heteroatoms. The highest BCUT2D eigenvalue weighted by atomic mass is 32.1. The van der Waals surface area contributed by atoms with Gasteiger partial charge in [0.15, 0.2) is 0 Å². The van der Waals surface area contributed by atoms with Gasteiger partial charge in [0.25, 0.3) is 0 Å². The summed E-state index contributed by atoms with van der Waals surface area (Å²) in [6.45, 7) is 5.24. The Balaban J connectivity index is 1.65. The van der Waals surface area contributed by atoms with Gasteiger partial charge in [0, 0.05) is 12.0 Å². The summed E-state index contributed by atoms with van der Waals surface area (Å²) in [4.78, 5) is 0. The Labute approximate surface area is 135 Å². The Hall–Kier alpha value is -1.46. The van der Waals surface area contributed by atoms with Gasteiger partial charge in [-0.3, -0.25) is 0 Å². The largest absolute Gasteiger partial charge is 0.497 e. The van der Waals surface area contributed by atoms with Gasteiger partial charge in [0.1, 0.15) is 15.8 Å². The Kier molecular flexibility index (Phi) is 4.74. The molecule has 1 atom stereocenters. The molecule has 1 N–H and O–H groups in total. The van der Waals surface area contributed by atoms with E-state index in [1.807, 2.05) is 12.1 Å². The smallest absolute Gasteiger partial charge is 0.131 e. The van der Waals surface area contributed by atoms with Crippen LogP contribution in [0.3, 0.4) is 0 Å². The lowest BCUT2D eigenvalue weighted by molar-refractivity contribution is 0.404. The van der Waals surface area contributed by atoms with Gasteiger partial charge in [0.2, 0.25) is 0 Å². The van der Waals surface area contributed by atoms with Crippen molar-refractivity contribution < 1.29 is 4.74 Å². The lowest BCUT2D eigenvalue weighted by Gasteiger charge is -2.22. The molecule has 1 aliphatic carbocycles. The summed E-state index contributed by atoms with van der Waals surface area (Å²) >= 11 is 1.75. The maximum Gasteiger partial charge on any atom is 0.131 e. The van der Waals surface area contributed by atoms with Crippen molar-refractivity contribution in [3.63, 3.8) is 0 Å². The van der Waals surface area contributed by atoms with Crippen LogP contribution in [0.1, 0.15) is 54.2 Å². The molecule has 1 aromatic carbocycles. The summed E-state index contributed by atoms with van der Waals surface area (Å²) < 4.78 is 5.23. The molecule has 3 rings (SSSR count). The highest BCUT2D eigenvalue weighted by Crippen LogP contribution is 2.41. The van der Waals surface area contributed by atoms with E-state index < -0.39 is 0 Å². The Morgan fingerprint density at radius 2 is 1.95 bits per heavy atom. The van der Waals surface area contributed by atoms with Crippen LogP contribution in [0.4, 0.5) is 0 Å². The number of hydrogen-bond acceptors (Lipinski definition) is 5. The third kappa shape index (κ3) is 3.65. The number of aromatic nitrogens is 2. The summed E-state index contributed by atoms with van der Waals surface area (Å²) in [6.07, 6.45) is 2.56. The van der Waals surface area contributed by atoms with Crippen LogP contribution in [0.2, 0.25) is 0 Å². The predicted molar refractivity (Wildman–Crippen MR) is 89.3 cm³/mol. The van der Waals surface area contributed by atoms with Crippen molar-refractivity contribution in [3.05, 3.63) is 39.8 Å². The molecule has 0 bridgehead atoms. The normalized spacial score (nSPS) is 16.0. The van der Waals surface area contributed by atoms with Gasteiger partial charge in [0.05, 0.1) is 13.7 Å². The van der Waals surface area contributed by atoms with Crippen molar-refractivity contribution in [3.8, 4) is 5.75 Å². The Morgan fingerprint density at radius 3 is 2.55 bits per heavy atom. The first kappa shape index (κ1) is 15.4. The quantitative estimate of drug-likeness (QED) is 0.841. The van der Waals surface area contributed by atoms with Crippen LogP contribution in [-0.2, 0) is 6.54 Å². The maximum absolute atomic E-state index is 5.23. The standard InChI is InChI=1S/C17H23N3OS/c1-11(2)16(12-6-8-14(21-3)9-7-12)18-10-15-19-20-17(22-15)13-4-5-13/h6-9,11,13,16,18H,4-5,10H2,1-3H3/t16-/m0/s1. The van der Waals surface area contributed by atoms with Crippen molar-refractivity contribution in [2.75, 3.05) is 7.11 Å². The van der Waals surface area contributed by atoms with Gasteiger partial charge >= 0.3 is 0 Å². The minimum absolute atomic E-state index is 0.305. The Morgan fingerprint density at radius 1 is 1.23 bits per heavy atom. The molecule has 4 nitrogen and oxygen atoms in total. The second-order valence-electron chi connectivity index (χ2n) is 6.18. The highest BCUT2D eigenvalue weighted by Gasteiger charge is 2.27. The fourth-order valence-electron chi connectivity index (χ4n) is 2.58. The number of nitrogens with one attached hydrogen (secondary N) is 1. The fourth-order valence-corrected chi connectivity index (χ4v) is 3.54. The third-order valence-electron chi connectivity index (χ3n) is 4.02. The zero-order valence-corrected chi connectivity index (χ0v) is 14.2. The number of rotatable bonds is 7. The molecular weight excluding hydrogens is 294 g/mol. The summed E-state index contributed by atoms with van der Waals surface area (Å²) in [5.41, 5.74) is 1.28. The molecule has 0 radical (unpaired) electrons. The van der Waals surface area contributed by atoms with Crippen molar-refractivity contribution >= 4 is 11.3 Å². The van der Waals surface area contributed by atoms with Crippen LogP contribution in [-0.4, -0.2) is 17.3 Å². The second kappa shape index (κ2) is 6.75. The SMILES string of the molecule is COc1ccc([C@@H](NCc2nnc(C3CC3)s2)C(C)C)cc1. The van der Waals surface area contributed by atoms with Gasteiger partial charge in [-0.15, -0.1) is 10.2 Å². The number of hydrogen-bond donors (Lipinski definition) is 1. The molecular formula is C17H23N3OS. The van der Waals surface area contributed by atoms with Crippen LogP contribution < -0.4 is 10.1 Å². The van der Waals surface area contributed by atoms with E-state index in [1.165, 1.54) is 23.4 Å². The molecule has 1 aromatic heterocycles. The molecule has 1 heterocycles. The minimum Gasteiger partial charge on any atom is -0.497 e. The van der Waals surface area contributed by atoms with E-state index in [0.717, 1.165) is 17.3 Å². The number of nitrogens with zero attached hydrogens (tertiary/aromatic N) is 2. The molecule has 1 saturated carbocycles. The zero-order valence-electron chi connectivity index (χ0n) is 13.4. The van der Waals surface area contributed by atoms with E-state index >= 15 is 0 Å². The number of benzene rings is 1. The average Bonchev–Trinajstić information content (AvgIpc) is 3.27. The number of methoxy groups -OCH3 is 1. The minimum atomic E-state index is 0.305. The molecule has 0 spiro atoms. The van der Waals surface area contributed by atoms with Gasteiger partial charge < -0.3 is 10.1 Å². The fraction of sp³-hybridized carbons (Fsp3) is 0.529. The maximum atomic E-state index is 5.23. The Bertz CT molecular complexity index is 605. The van der Waals surface area contributed by atoms with E-state index in [1.54, 1.807) is 18.4 Å². The van der Waals surface area contributed by atoms with Crippen LogP contribution in [0, 0.1) is 5.92 Å². The lowest BCUT2D eigenvalue weighted by Crippen LogP contribution is -2.25. The summed E-state index contributed by atoms with van der Waals surface area (Å²) in [5, 5.41) is 14.5. The molecule has 0 saturated heterocycles. The number of ether oxygens (including phenoxy) is 1. The monoisotopic (exact) mass is 317 g/mol. The molecule has 118 valence electrons. The van der Waals surface area contributed by atoms with Crippen LogP contribution in [0.25, 0.3) is 0 Å². The molecule has 1 aliphatic rings. The van der Waals surface area contributed by atoms with E-state index in [9.17, 15) is 0 Å².